The number of sulfonamides is 1. The Morgan fingerprint density at radius 2 is 1.70 bits per heavy atom. The predicted molar refractivity (Wildman–Crippen MR) is 132 cm³/mol. The Morgan fingerprint density at radius 3 is 2.45 bits per heavy atom. The van der Waals surface area contributed by atoms with Crippen LogP contribution in [0, 0.1) is 13.8 Å². The van der Waals surface area contributed by atoms with E-state index >= 15 is 0 Å². The number of hydrogen-bond donors (Lipinski definition) is 1. The molecule has 0 saturated heterocycles. The molecular formula is C27H30N2O3S. The van der Waals surface area contributed by atoms with Gasteiger partial charge >= 0.3 is 0 Å². The van der Waals surface area contributed by atoms with Crippen molar-refractivity contribution in [2.45, 2.75) is 51.0 Å². The summed E-state index contributed by atoms with van der Waals surface area (Å²) < 4.78 is 28.3. The van der Waals surface area contributed by atoms with Crippen LogP contribution in [0.3, 0.4) is 0 Å². The lowest BCUT2D eigenvalue weighted by molar-refractivity contribution is -0.120. The van der Waals surface area contributed by atoms with Crippen LogP contribution in [0.15, 0.2) is 71.6 Å². The van der Waals surface area contributed by atoms with Gasteiger partial charge < -0.3 is 5.32 Å². The van der Waals surface area contributed by atoms with Crippen molar-refractivity contribution in [2.75, 3.05) is 10.8 Å². The Balaban J connectivity index is 1.61. The third kappa shape index (κ3) is 4.96. The van der Waals surface area contributed by atoms with Crippen LogP contribution in [-0.2, 0) is 27.7 Å². The minimum Gasteiger partial charge on any atom is -0.348 e. The fourth-order valence-electron chi connectivity index (χ4n) is 4.37. The highest BCUT2D eigenvalue weighted by molar-refractivity contribution is 7.92. The SMILES string of the molecule is Cc1ccc(C)c(N(CC(=O)N[C@@H](C)c2ccc3c(c2)CCC3)S(=O)(=O)c2ccccc2)c1. The number of carbonyl (C=O) groups is 1. The first kappa shape index (κ1) is 23.1. The Labute approximate surface area is 196 Å². The van der Waals surface area contributed by atoms with Crippen LogP contribution in [0.5, 0.6) is 0 Å². The lowest BCUT2D eigenvalue weighted by Crippen LogP contribution is -2.42. The van der Waals surface area contributed by atoms with Crippen LogP contribution >= 0.6 is 0 Å². The van der Waals surface area contributed by atoms with Gasteiger partial charge in [-0.1, -0.05) is 48.5 Å². The van der Waals surface area contributed by atoms with Crippen LogP contribution in [0.25, 0.3) is 0 Å². The van der Waals surface area contributed by atoms with Crippen molar-refractivity contribution in [1.29, 1.82) is 0 Å². The number of benzene rings is 3. The number of aryl methyl sites for hydroxylation is 4. The highest BCUT2D eigenvalue weighted by atomic mass is 32.2. The molecule has 1 amide bonds. The van der Waals surface area contributed by atoms with E-state index in [2.05, 4.69) is 23.5 Å². The number of fused-ring (bicyclic) bond motifs is 1. The molecule has 0 spiro atoms. The van der Waals surface area contributed by atoms with Gasteiger partial charge in [-0.25, -0.2) is 8.42 Å². The fourth-order valence-corrected chi connectivity index (χ4v) is 5.87. The zero-order valence-corrected chi connectivity index (χ0v) is 20.2. The topological polar surface area (TPSA) is 66.5 Å². The number of hydrogen-bond acceptors (Lipinski definition) is 3. The Kier molecular flexibility index (Phi) is 6.56. The summed E-state index contributed by atoms with van der Waals surface area (Å²) in [4.78, 5) is 13.3. The van der Waals surface area contributed by atoms with E-state index in [1.54, 1.807) is 30.3 Å². The zero-order valence-electron chi connectivity index (χ0n) is 19.3. The van der Waals surface area contributed by atoms with Crippen molar-refractivity contribution in [1.82, 2.24) is 5.32 Å². The summed E-state index contributed by atoms with van der Waals surface area (Å²) in [5.41, 5.74) is 5.99. The van der Waals surface area contributed by atoms with Crippen LogP contribution < -0.4 is 9.62 Å². The Morgan fingerprint density at radius 1 is 0.970 bits per heavy atom. The number of carbonyl (C=O) groups excluding carboxylic acids is 1. The van der Waals surface area contributed by atoms with E-state index < -0.39 is 10.0 Å². The molecule has 0 fully saturated rings. The standard InChI is InChI=1S/C27H30N2O3S/c1-19-12-13-20(2)26(16-19)29(33(31,32)25-10-5-4-6-11-25)18-27(30)28-21(3)23-15-14-22-8-7-9-24(22)17-23/h4-6,10-17,21H,7-9,18H2,1-3H3,(H,28,30)/t21-/m0/s1. The molecule has 1 aliphatic rings. The number of anilines is 1. The van der Waals surface area contributed by atoms with Gasteiger partial charge in [0.1, 0.15) is 6.54 Å². The molecule has 3 aromatic rings. The molecule has 33 heavy (non-hydrogen) atoms. The molecule has 0 aliphatic heterocycles. The molecule has 3 aromatic carbocycles. The molecule has 0 unspecified atom stereocenters. The molecule has 0 aromatic heterocycles. The van der Waals surface area contributed by atoms with E-state index in [0.29, 0.717) is 5.69 Å². The van der Waals surface area contributed by atoms with E-state index in [0.717, 1.165) is 29.5 Å². The third-order valence-corrected chi connectivity index (χ3v) is 8.03. The van der Waals surface area contributed by atoms with Gasteiger partial charge in [0.05, 0.1) is 16.6 Å². The summed E-state index contributed by atoms with van der Waals surface area (Å²) in [5.74, 6) is -0.344. The summed E-state index contributed by atoms with van der Waals surface area (Å²) in [6, 6.07) is 20.0. The largest absolute Gasteiger partial charge is 0.348 e. The summed E-state index contributed by atoms with van der Waals surface area (Å²) in [5, 5.41) is 3.00. The lowest BCUT2D eigenvalue weighted by atomic mass is 10.0. The first-order valence-electron chi connectivity index (χ1n) is 11.3. The number of rotatable bonds is 7. The minimum absolute atomic E-state index is 0.158. The second kappa shape index (κ2) is 9.40. The van der Waals surface area contributed by atoms with Gasteiger partial charge in [-0.2, -0.15) is 0 Å². The van der Waals surface area contributed by atoms with Crippen molar-refractivity contribution < 1.29 is 13.2 Å². The normalized spacial score (nSPS) is 13.9. The smallest absolute Gasteiger partial charge is 0.264 e. The van der Waals surface area contributed by atoms with Crippen molar-refractivity contribution in [3.8, 4) is 0 Å². The van der Waals surface area contributed by atoms with E-state index in [9.17, 15) is 13.2 Å². The highest BCUT2D eigenvalue weighted by Crippen LogP contribution is 2.28. The Hall–Kier alpha value is -3.12. The van der Waals surface area contributed by atoms with E-state index in [1.807, 2.05) is 39.0 Å². The summed E-state index contributed by atoms with van der Waals surface area (Å²) in [6.45, 7) is 5.40. The van der Waals surface area contributed by atoms with Crippen molar-refractivity contribution in [3.63, 3.8) is 0 Å². The molecule has 4 rings (SSSR count). The predicted octanol–water partition coefficient (Wildman–Crippen LogP) is 4.86. The monoisotopic (exact) mass is 462 g/mol. The maximum absolute atomic E-state index is 13.6. The fraction of sp³-hybridized carbons (Fsp3) is 0.296. The van der Waals surface area contributed by atoms with Gasteiger partial charge in [0, 0.05) is 0 Å². The molecule has 1 atom stereocenters. The summed E-state index contributed by atoms with van der Waals surface area (Å²) in [6.07, 6.45) is 3.35. The number of amides is 1. The van der Waals surface area contributed by atoms with Crippen molar-refractivity contribution in [3.05, 3.63) is 94.5 Å². The molecule has 1 N–H and O–H groups in total. The van der Waals surface area contributed by atoms with Crippen molar-refractivity contribution in [2.24, 2.45) is 0 Å². The number of nitrogens with zero attached hydrogens (tertiary/aromatic N) is 1. The molecule has 0 radical (unpaired) electrons. The van der Waals surface area contributed by atoms with Gasteiger partial charge in [0.15, 0.2) is 0 Å². The van der Waals surface area contributed by atoms with Crippen LogP contribution in [-0.4, -0.2) is 20.9 Å². The molecule has 0 saturated carbocycles. The zero-order chi connectivity index (χ0) is 23.6. The lowest BCUT2D eigenvalue weighted by Gasteiger charge is -2.27. The maximum atomic E-state index is 13.6. The maximum Gasteiger partial charge on any atom is 0.264 e. The first-order chi connectivity index (χ1) is 15.8. The van der Waals surface area contributed by atoms with E-state index in [-0.39, 0.29) is 23.4 Å². The van der Waals surface area contributed by atoms with Gasteiger partial charge in [0.25, 0.3) is 10.0 Å². The minimum atomic E-state index is -3.92. The third-order valence-electron chi connectivity index (χ3n) is 6.25. The first-order valence-corrected chi connectivity index (χ1v) is 12.8. The van der Waals surface area contributed by atoms with E-state index in [1.165, 1.54) is 21.9 Å². The summed E-state index contributed by atoms with van der Waals surface area (Å²) >= 11 is 0. The van der Waals surface area contributed by atoms with Gasteiger partial charge in [0.2, 0.25) is 5.91 Å². The van der Waals surface area contributed by atoms with Crippen molar-refractivity contribution >= 4 is 21.6 Å². The quantitative estimate of drug-likeness (QED) is 0.545. The van der Waals surface area contributed by atoms with Gasteiger partial charge in [-0.05, 0) is 86.1 Å². The molecule has 6 heteroatoms. The van der Waals surface area contributed by atoms with Crippen LogP contribution in [0.1, 0.15) is 47.2 Å². The van der Waals surface area contributed by atoms with E-state index in [4.69, 9.17) is 0 Å². The highest BCUT2D eigenvalue weighted by Gasteiger charge is 2.29. The average molecular weight is 463 g/mol. The van der Waals surface area contributed by atoms with Gasteiger partial charge in [-0.3, -0.25) is 9.10 Å². The second-order valence-corrected chi connectivity index (χ2v) is 10.6. The molecular weight excluding hydrogens is 432 g/mol. The molecule has 0 heterocycles. The molecule has 5 nitrogen and oxygen atoms in total. The van der Waals surface area contributed by atoms with Crippen LogP contribution in [0.2, 0.25) is 0 Å². The van der Waals surface area contributed by atoms with Crippen LogP contribution in [0.4, 0.5) is 5.69 Å². The summed E-state index contributed by atoms with van der Waals surface area (Å²) in [7, 11) is -3.92. The second-order valence-electron chi connectivity index (χ2n) is 8.79. The Bertz CT molecular complexity index is 1270. The van der Waals surface area contributed by atoms with Gasteiger partial charge in [-0.15, -0.1) is 0 Å². The molecule has 0 bridgehead atoms. The number of nitrogens with one attached hydrogen (secondary N) is 1. The average Bonchev–Trinajstić information content (AvgIpc) is 3.27. The molecule has 172 valence electrons. The molecule has 1 aliphatic carbocycles.